The van der Waals surface area contributed by atoms with Crippen LogP contribution in [0.2, 0.25) is 0 Å². The highest BCUT2D eigenvalue weighted by Gasteiger charge is 2.31. The summed E-state index contributed by atoms with van der Waals surface area (Å²) >= 11 is 0. The lowest BCUT2D eigenvalue weighted by Gasteiger charge is -2.20. The molecule has 0 bridgehead atoms. The first-order chi connectivity index (χ1) is 8.96. The van der Waals surface area contributed by atoms with Gasteiger partial charge < -0.3 is 14.6 Å². The van der Waals surface area contributed by atoms with Gasteiger partial charge in [-0.15, -0.1) is 0 Å². The summed E-state index contributed by atoms with van der Waals surface area (Å²) in [6.45, 7) is 11.6. The molecule has 1 aliphatic rings. The number of nitrogens with zero attached hydrogens (tertiary/aromatic N) is 2. The van der Waals surface area contributed by atoms with Gasteiger partial charge in [-0.1, -0.05) is 13.8 Å². The number of hydrogen-bond donors (Lipinski definition) is 1. The van der Waals surface area contributed by atoms with E-state index in [4.69, 9.17) is 4.74 Å². The van der Waals surface area contributed by atoms with Crippen LogP contribution in [0.1, 0.15) is 46.4 Å². The molecule has 1 aromatic heterocycles. The first-order valence-electron chi connectivity index (χ1n) is 7.35. The molecule has 0 aromatic carbocycles. The van der Waals surface area contributed by atoms with E-state index in [2.05, 4.69) is 48.8 Å². The second-order valence-electron chi connectivity index (χ2n) is 6.56. The van der Waals surface area contributed by atoms with Gasteiger partial charge in [0.1, 0.15) is 5.82 Å². The average molecular weight is 265 g/mol. The van der Waals surface area contributed by atoms with Crippen molar-refractivity contribution in [3.05, 3.63) is 18.2 Å². The molecule has 1 fully saturated rings. The van der Waals surface area contributed by atoms with Gasteiger partial charge in [0.2, 0.25) is 0 Å². The maximum absolute atomic E-state index is 6.05. The Morgan fingerprint density at radius 1 is 1.53 bits per heavy atom. The van der Waals surface area contributed by atoms with Gasteiger partial charge in [-0.05, 0) is 39.2 Å². The first-order valence-corrected chi connectivity index (χ1v) is 7.35. The maximum atomic E-state index is 6.05. The zero-order valence-electron chi connectivity index (χ0n) is 12.6. The summed E-state index contributed by atoms with van der Waals surface area (Å²) in [5, 5.41) is 3.44. The zero-order valence-corrected chi connectivity index (χ0v) is 12.6. The van der Waals surface area contributed by atoms with Crippen molar-refractivity contribution in [3.63, 3.8) is 0 Å². The van der Waals surface area contributed by atoms with Crippen LogP contribution in [0, 0.1) is 5.92 Å². The lowest BCUT2D eigenvalue weighted by atomic mass is 10.1. The molecule has 1 aliphatic heterocycles. The van der Waals surface area contributed by atoms with E-state index in [0.29, 0.717) is 12.0 Å². The molecule has 4 heteroatoms. The second-order valence-corrected chi connectivity index (χ2v) is 6.56. The molecular formula is C15H27N3O. The molecule has 19 heavy (non-hydrogen) atoms. The highest BCUT2D eigenvalue weighted by molar-refractivity contribution is 4.94. The molecule has 0 saturated carbocycles. The summed E-state index contributed by atoms with van der Waals surface area (Å²) in [5.74, 6) is 1.77. The molecule has 1 aromatic rings. The third kappa shape index (κ3) is 4.32. The van der Waals surface area contributed by atoms with Gasteiger partial charge in [0.25, 0.3) is 0 Å². The van der Waals surface area contributed by atoms with Crippen LogP contribution >= 0.6 is 0 Å². The van der Waals surface area contributed by atoms with E-state index in [-0.39, 0.29) is 5.60 Å². The van der Waals surface area contributed by atoms with E-state index < -0.39 is 0 Å². The van der Waals surface area contributed by atoms with Crippen LogP contribution < -0.4 is 5.32 Å². The van der Waals surface area contributed by atoms with E-state index in [9.17, 15) is 0 Å². The molecule has 1 atom stereocenters. The SMILES string of the molecule is CC(C)CNCc1nccn1CC1CCC(C)(C)O1. The summed E-state index contributed by atoms with van der Waals surface area (Å²) in [7, 11) is 0. The highest BCUT2D eigenvalue weighted by atomic mass is 16.5. The molecule has 4 nitrogen and oxygen atoms in total. The molecule has 2 heterocycles. The summed E-state index contributed by atoms with van der Waals surface area (Å²) in [6, 6.07) is 0. The molecule has 0 radical (unpaired) electrons. The molecule has 1 N–H and O–H groups in total. The third-order valence-corrected chi connectivity index (χ3v) is 3.59. The lowest BCUT2D eigenvalue weighted by Crippen LogP contribution is -2.25. The third-order valence-electron chi connectivity index (χ3n) is 3.59. The number of hydrogen-bond acceptors (Lipinski definition) is 3. The molecule has 2 rings (SSSR count). The minimum atomic E-state index is 0.0430. The molecule has 108 valence electrons. The largest absolute Gasteiger partial charge is 0.370 e. The van der Waals surface area contributed by atoms with Crippen molar-refractivity contribution in [2.45, 2.75) is 65.3 Å². The van der Waals surface area contributed by atoms with Crippen molar-refractivity contribution in [3.8, 4) is 0 Å². The van der Waals surface area contributed by atoms with Crippen LogP contribution in [-0.4, -0.2) is 27.8 Å². The van der Waals surface area contributed by atoms with Gasteiger partial charge in [-0.25, -0.2) is 4.98 Å². The summed E-state index contributed by atoms with van der Waals surface area (Å²) in [5.41, 5.74) is 0.0430. The summed E-state index contributed by atoms with van der Waals surface area (Å²) < 4.78 is 8.27. The van der Waals surface area contributed by atoms with Gasteiger partial charge in [-0.2, -0.15) is 0 Å². The smallest absolute Gasteiger partial charge is 0.122 e. The topological polar surface area (TPSA) is 39.1 Å². The standard InChI is InChI=1S/C15H27N3O/c1-12(2)9-16-10-14-17-7-8-18(14)11-13-5-6-15(3,4)19-13/h7-8,12-13,16H,5-6,9-11H2,1-4H3. The Bertz CT molecular complexity index is 398. The van der Waals surface area contributed by atoms with E-state index in [1.54, 1.807) is 0 Å². The first kappa shape index (κ1) is 14.5. The van der Waals surface area contributed by atoms with Crippen LogP contribution in [0.15, 0.2) is 12.4 Å². The van der Waals surface area contributed by atoms with Crippen molar-refractivity contribution in [1.82, 2.24) is 14.9 Å². The number of rotatable bonds is 6. The van der Waals surface area contributed by atoms with Crippen LogP contribution in [0.25, 0.3) is 0 Å². The van der Waals surface area contributed by atoms with Crippen molar-refractivity contribution in [2.75, 3.05) is 6.54 Å². The molecule has 1 saturated heterocycles. The van der Waals surface area contributed by atoms with Crippen LogP contribution in [0.5, 0.6) is 0 Å². The Balaban J connectivity index is 1.86. The summed E-state index contributed by atoms with van der Waals surface area (Å²) in [4.78, 5) is 4.44. The Hall–Kier alpha value is -0.870. The Labute approximate surface area is 116 Å². The minimum absolute atomic E-state index is 0.0430. The molecule has 1 unspecified atom stereocenters. The minimum Gasteiger partial charge on any atom is -0.370 e. The predicted octanol–water partition coefficient (Wildman–Crippen LogP) is 2.59. The predicted molar refractivity (Wildman–Crippen MR) is 77.0 cm³/mol. The van der Waals surface area contributed by atoms with Crippen LogP contribution in [-0.2, 0) is 17.8 Å². The van der Waals surface area contributed by atoms with Gasteiger partial charge in [-0.3, -0.25) is 0 Å². The van der Waals surface area contributed by atoms with E-state index in [1.165, 1.54) is 0 Å². The highest BCUT2D eigenvalue weighted by Crippen LogP contribution is 2.30. The molecule has 0 amide bonds. The Morgan fingerprint density at radius 2 is 2.32 bits per heavy atom. The number of imidazole rings is 1. The normalized spacial score (nSPS) is 22.3. The fourth-order valence-corrected chi connectivity index (χ4v) is 2.57. The number of nitrogens with one attached hydrogen (secondary N) is 1. The maximum Gasteiger partial charge on any atom is 0.122 e. The monoisotopic (exact) mass is 265 g/mol. The van der Waals surface area contributed by atoms with Gasteiger partial charge in [0.15, 0.2) is 0 Å². The average Bonchev–Trinajstić information content (AvgIpc) is 2.86. The molecule has 0 aliphatic carbocycles. The van der Waals surface area contributed by atoms with Crippen molar-refractivity contribution < 1.29 is 4.74 Å². The van der Waals surface area contributed by atoms with Gasteiger partial charge in [0, 0.05) is 12.4 Å². The number of ether oxygens (including phenoxy) is 1. The van der Waals surface area contributed by atoms with E-state index in [1.807, 2.05) is 6.20 Å². The van der Waals surface area contributed by atoms with Crippen molar-refractivity contribution >= 4 is 0 Å². The lowest BCUT2D eigenvalue weighted by molar-refractivity contribution is -0.0220. The Morgan fingerprint density at radius 3 is 2.95 bits per heavy atom. The fraction of sp³-hybridized carbons (Fsp3) is 0.800. The van der Waals surface area contributed by atoms with Gasteiger partial charge in [0.05, 0.1) is 24.8 Å². The van der Waals surface area contributed by atoms with Crippen LogP contribution in [0.3, 0.4) is 0 Å². The zero-order chi connectivity index (χ0) is 13.9. The summed E-state index contributed by atoms with van der Waals surface area (Å²) in [6.07, 6.45) is 6.55. The van der Waals surface area contributed by atoms with Gasteiger partial charge >= 0.3 is 0 Å². The Kier molecular flexibility index (Phi) is 4.63. The van der Waals surface area contributed by atoms with Crippen molar-refractivity contribution in [1.29, 1.82) is 0 Å². The van der Waals surface area contributed by atoms with Crippen LogP contribution in [0.4, 0.5) is 0 Å². The number of aromatic nitrogens is 2. The van der Waals surface area contributed by atoms with Crippen molar-refractivity contribution in [2.24, 2.45) is 5.92 Å². The quantitative estimate of drug-likeness (QED) is 0.859. The molecule has 0 spiro atoms. The molecular weight excluding hydrogens is 238 g/mol. The van der Waals surface area contributed by atoms with E-state index in [0.717, 1.165) is 38.3 Å². The van der Waals surface area contributed by atoms with E-state index >= 15 is 0 Å². The fourth-order valence-electron chi connectivity index (χ4n) is 2.57. The second kappa shape index (κ2) is 6.06.